The number of piperidine rings is 1. The highest BCUT2D eigenvalue weighted by molar-refractivity contribution is 4.88. The SMILES string of the molecule is OCCCN1CCC2(CCCCC2)CC1. The highest BCUT2D eigenvalue weighted by atomic mass is 16.3. The maximum atomic E-state index is 8.81. The van der Waals surface area contributed by atoms with Crippen molar-refractivity contribution in [1.82, 2.24) is 4.90 Å². The third kappa shape index (κ3) is 2.94. The van der Waals surface area contributed by atoms with Gasteiger partial charge in [0.15, 0.2) is 0 Å². The van der Waals surface area contributed by atoms with E-state index in [1.807, 2.05) is 0 Å². The van der Waals surface area contributed by atoms with Gasteiger partial charge in [0.25, 0.3) is 0 Å². The van der Waals surface area contributed by atoms with Crippen molar-refractivity contribution in [3.05, 3.63) is 0 Å². The van der Waals surface area contributed by atoms with Crippen LogP contribution in [0.2, 0.25) is 0 Å². The molecular weight excluding hydrogens is 186 g/mol. The van der Waals surface area contributed by atoms with Crippen LogP contribution in [0.1, 0.15) is 51.4 Å². The van der Waals surface area contributed by atoms with Gasteiger partial charge in [-0.25, -0.2) is 0 Å². The van der Waals surface area contributed by atoms with Crippen molar-refractivity contribution in [3.63, 3.8) is 0 Å². The van der Waals surface area contributed by atoms with E-state index in [0.29, 0.717) is 6.61 Å². The Morgan fingerprint density at radius 3 is 2.20 bits per heavy atom. The minimum atomic E-state index is 0.349. The van der Waals surface area contributed by atoms with E-state index in [2.05, 4.69) is 4.90 Å². The number of aliphatic hydroxyl groups is 1. The Bertz CT molecular complexity index is 177. The molecular formula is C13H25NO. The van der Waals surface area contributed by atoms with Gasteiger partial charge in [0.05, 0.1) is 0 Å². The van der Waals surface area contributed by atoms with Gasteiger partial charge in [-0.2, -0.15) is 0 Å². The maximum Gasteiger partial charge on any atom is 0.0443 e. The van der Waals surface area contributed by atoms with Crippen molar-refractivity contribution in [2.24, 2.45) is 5.41 Å². The number of likely N-dealkylation sites (tertiary alicyclic amines) is 1. The topological polar surface area (TPSA) is 23.5 Å². The van der Waals surface area contributed by atoms with Crippen LogP contribution in [-0.4, -0.2) is 36.2 Å². The summed E-state index contributed by atoms with van der Waals surface area (Å²) in [7, 11) is 0. The van der Waals surface area contributed by atoms with E-state index < -0.39 is 0 Å². The minimum Gasteiger partial charge on any atom is -0.396 e. The Balaban J connectivity index is 1.75. The molecule has 2 heteroatoms. The van der Waals surface area contributed by atoms with Crippen molar-refractivity contribution < 1.29 is 5.11 Å². The Hall–Kier alpha value is -0.0800. The molecule has 2 fully saturated rings. The molecule has 0 aromatic heterocycles. The van der Waals surface area contributed by atoms with Crippen LogP contribution in [0.25, 0.3) is 0 Å². The van der Waals surface area contributed by atoms with Crippen molar-refractivity contribution in [3.8, 4) is 0 Å². The van der Waals surface area contributed by atoms with Gasteiger partial charge in [-0.3, -0.25) is 0 Å². The number of hydrogen-bond acceptors (Lipinski definition) is 2. The average molecular weight is 211 g/mol. The monoisotopic (exact) mass is 211 g/mol. The van der Waals surface area contributed by atoms with Gasteiger partial charge in [-0.05, 0) is 50.6 Å². The highest BCUT2D eigenvalue weighted by Gasteiger charge is 2.34. The van der Waals surface area contributed by atoms with Gasteiger partial charge in [-0.15, -0.1) is 0 Å². The quantitative estimate of drug-likeness (QED) is 0.775. The summed E-state index contributed by atoms with van der Waals surface area (Å²) < 4.78 is 0. The van der Waals surface area contributed by atoms with Crippen LogP contribution >= 0.6 is 0 Å². The zero-order chi connectivity index (χ0) is 10.6. The van der Waals surface area contributed by atoms with Crippen LogP contribution in [-0.2, 0) is 0 Å². The Morgan fingerprint density at radius 1 is 0.933 bits per heavy atom. The second-order valence-corrected chi connectivity index (χ2v) is 5.48. The number of aliphatic hydroxyl groups excluding tert-OH is 1. The molecule has 2 aliphatic rings. The fourth-order valence-corrected chi connectivity index (χ4v) is 3.35. The molecule has 2 rings (SSSR count). The van der Waals surface area contributed by atoms with Crippen molar-refractivity contribution in [1.29, 1.82) is 0 Å². The highest BCUT2D eigenvalue weighted by Crippen LogP contribution is 2.44. The van der Waals surface area contributed by atoms with E-state index in [4.69, 9.17) is 5.11 Å². The number of hydrogen-bond donors (Lipinski definition) is 1. The summed E-state index contributed by atoms with van der Waals surface area (Å²) in [6, 6.07) is 0. The molecule has 1 saturated carbocycles. The standard InChI is InChI=1S/C13H25NO/c15-12-4-9-14-10-7-13(8-11-14)5-2-1-3-6-13/h15H,1-12H2. The van der Waals surface area contributed by atoms with E-state index in [9.17, 15) is 0 Å². The Kier molecular flexibility index (Phi) is 4.04. The first-order chi connectivity index (χ1) is 7.35. The minimum absolute atomic E-state index is 0.349. The third-order valence-electron chi connectivity index (χ3n) is 4.46. The molecule has 0 amide bonds. The normalized spacial score (nSPS) is 27.0. The predicted octanol–water partition coefficient (Wildman–Crippen LogP) is 2.42. The van der Waals surface area contributed by atoms with E-state index in [1.54, 1.807) is 0 Å². The van der Waals surface area contributed by atoms with Crippen molar-refractivity contribution in [2.45, 2.75) is 51.4 Å². The summed E-state index contributed by atoms with van der Waals surface area (Å²) in [6.07, 6.45) is 11.2. The molecule has 15 heavy (non-hydrogen) atoms. The zero-order valence-corrected chi connectivity index (χ0v) is 9.88. The summed E-state index contributed by atoms with van der Waals surface area (Å²) in [4.78, 5) is 2.54. The average Bonchev–Trinajstić information content (AvgIpc) is 2.30. The van der Waals surface area contributed by atoms with Gasteiger partial charge >= 0.3 is 0 Å². The lowest BCUT2D eigenvalue weighted by Crippen LogP contribution is -2.41. The molecule has 1 aliphatic heterocycles. The molecule has 2 nitrogen and oxygen atoms in total. The van der Waals surface area contributed by atoms with Crippen LogP contribution in [0.5, 0.6) is 0 Å². The first-order valence-electron chi connectivity index (χ1n) is 6.68. The fraction of sp³-hybridized carbons (Fsp3) is 1.00. The molecule has 1 aliphatic carbocycles. The molecule has 1 heterocycles. The lowest BCUT2D eigenvalue weighted by molar-refractivity contribution is 0.0647. The molecule has 0 unspecified atom stereocenters. The van der Waals surface area contributed by atoms with Crippen molar-refractivity contribution in [2.75, 3.05) is 26.2 Å². The lowest BCUT2D eigenvalue weighted by Gasteiger charge is -2.44. The van der Waals surface area contributed by atoms with E-state index in [0.717, 1.165) is 18.4 Å². The van der Waals surface area contributed by atoms with Gasteiger partial charge in [-0.1, -0.05) is 19.3 Å². The molecule has 0 atom stereocenters. The van der Waals surface area contributed by atoms with Crippen LogP contribution < -0.4 is 0 Å². The largest absolute Gasteiger partial charge is 0.396 e. The molecule has 0 bridgehead atoms. The predicted molar refractivity (Wildman–Crippen MR) is 62.9 cm³/mol. The second-order valence-electron chi connectivity index (χ2n) is 5.48. The summed E-state index contributed by atoms with van der Waals surface area (Å²) in [6.45, 7) is 4.01. The third-order valence-corrected chi connectivity index (χ3v) is 4.46. The van der Waals surface area contributed by atoms with Gasteiger partial charge in [0, 0.05) is 13.2 Å². The first-order valence-corrected chi connectivity index (χ1v) is 6.68. The van der Waals surface area contributed by atoms with Crippen LogP contribution in [0, 0.1) is 5.41 Å². The molecule has 1 spiro atoms. The summed E-state index contributed by atoms with van der Waals surface area (Å²) in [5.74, 6) is 0. The second kappa shape index (κ2) is 5.31. The Morgan fingerprint density at radius 2 is 1.60 bits per heavy atom. The van der Waals surface area contributed by atoms with E-state index in [1.165, 1.54) is 58.0 Å². The summed E-state index contributed by atoms with van der Waals surface area (Å²) in [5.41, 5.74) is 0.730. The first kappa shape index (κ1) is 11.4. The van der Waals surface area contributed by atoms with Crippen LogP contribution in [0.3, 0.4) is 0 Å². The van der Waals surface area contributed by atoms with Gasteiger partial charge < -0.3 is 10.0 Å². The molecule has 1 saturated heterocycles. The van der Waals surface area contributed by atoms with Crippen LogP contribution in [0.4, 0.5) is 0 Å². The summed E-state index contributed by atoms with van der Waals surface area (Å²) >= 11 is 0. The molecule has 0 aromatic rings. The van der Waals surface area contributed by atoms with Gasteiger partial charge in [0.2, 0.25) is 0 Å². The number of nitrogens with zero attached hydrogens (tertiary/aromatic N) is 1. The molecule has 88 valence electrons. The molecule has 1 N–H and O–H groups in total. The van der Waals surface area contributed by atoms with Gasteiger partial charge in [0.1, 0.15) is 0 Å². The zero-order valence-electron chi connectivity index (χ0n) is 9.88. The number of rotatable bonds is 3. The van der Waals surface area contributed by atoms with Crippen molar-refractivity contribution >= 4 is 0 Å². The summed E-state index contributed by atoms with van der Waals surface area (Å²) in [5, 5.41) is 8.81. The lowest BCUT2D eigenvalue weighted by atomic mass is 9.68. The fourth-order valence-electron chi connectivity index (χ4n) is 3.35. The molecule has 0 aromatic carbocycles. The molecule has 0 radical (unpaired) electrons. The maximum absolute atomic E-state index is 8.81. The van der Waals surface area contributed by atoms with Crippen LogP contribution in [0.15, 0.2) is 0 Å². The Labute approximate surface area is 93.7 Å². The smallest absolute Gasteiger partial charge is 0.0443 e. The van der Waals surface area contributed by atoms with E-state index in [-0.39, 0.29) is 0 Å². The van der Waals surface area contributed by atoms with E-state index >= 15 is 0 Å².